The first-order valence-electron chi connectivity index (χ1n) is 5.77. The lowest BCUT2D eigenvalue weighted by atomic mass is 9.95. The molecule has 1 aromatic heterocycles. The first-order valence-corrected chi connectivity index (χ1v) is 5.77. The second-order valence-corrected chi connectivity index (χ2v) is 4.82. The van der Waals surface area contributed by atoms with Crippen LogP contribution in [0.5, 0.6) is 0 Å². The number of aromatic nitrogens is 2. The monoisotopic (exact) mass is 239 g/mol. The van der Waals surface area contributed by atoms with Crippen molar-refractivity contribution in [1.82, 2.24) is 14.5 Å². The Labute approximate surface area is 99.8 Å². The van der Waals surface area contributed by atoms with Gasteiger partial charge in [0.1, 0.15) is 12.1 Å². The van der Waals surface area contributed by atoms with E-state index in [2.05, 4.69) is 4.98 Å². The molecule has 1 aromatic rings. The lowest BCUT2D eigenvalue weighted by Gasteiger charge is -2.41. The summed E-state index contributed by atoms with van der Waals surface area (Å²) in [4.78, 5) is 6.00. The zero-order valence-electron chi connectivity index (χ0n) is 9.93. The van der Waals surface area contributed by atoms with Crippen molar-refractivity contribution in [2.75, 3.05) is 20.7 Å². The lowest BCUT2D eigenvalue weighted by molar-refractivity contribution is -0.178. The molecular weight excluding hydrogens is 222 g/mol. The van der Waals surface area contributed by atoms with Crippen LogP contribution in [0.25, 0.3) is 0 Å². The molecule has 0 aromatic carbocycles. The number of aliphatic hydroxyl groups is 1. The van der Waals surface area contributed by atoms with Gasteiger partial charge in [-0.05, 0) is 14.1 Å². The third kappa shape index (κ3) is 1.68. The van der Waals surface area contributed by atoms with Gasteiger partial charge >= 0.3 is 0 Å². The third-order valence-corrected chi connectivity index (χ3v) is 3.56. The van der Waals surface area contributed by atoms with Crippen LogP contribution in [-0.2, 0) is 9.47 Å². The first kappa shape index (κ1) is 11.2. The van der Waals surface area contributed by atoms with Crippen molar-refractivity contribution in [3.8, 4) is 0 Å². The average molecular weight is 239 g/mol. The van der Waals surface area contributed by atoms with Crippen molar-refractivity contribution in [3.05, 3.63) is 18.7 Å². The van der Waals surface area contributed by atoms with Crippen LogP contribution >= 0.6 is 0 Å². The molecule has 5 atom stereocenters. The van der Waals surface area contributed by atoms with Gasteiger partial charge in [-0.15, -0.1) is 0 Å². The number of aliphatic hydroxyl groups excluding tert-OH is 1. The SMILES string of the molecule is CN(C)[C@H]1[C@H](O)[C@@H](n2ccnc2)[C@@H]2OC[C@H]1O2. The van der Waals surface area contributed by atoms with Gasteiger partial charge in [0.15, 0.2) is 6.29 Å². The Balaban J connectivity index is 1.93. The number of nitrogens with zero attached hydrogens (tertiary/aromatic N) is 3. The van der Waals surface area contributed by atoms with Crippen molar-refractivity contribution in [1.29, 1.82) is 0 Å². The molecule has 94 valence electrons. The minimum atomic E-state index is -0.523. The number of fused-ring (bicyclic) bond motifs is 2. The molecule has 2 bridgehead atoms. The minimum absolute atomic E-state index is 0.0511. The van der Waals surface area contributed by atoms with E-state index in [1.54, 1.807) is 12.5 Å². The van der Waals surface area contributed by atoms with E-state index >= 15 is 0 Å². The highest BCUT2D eigenvalue weighted by Gasteiger charge is 2.51. The minimum Gasteiger partial charge on any atom is -0.389 e. The molecule has 3 heterocycles. The highest BCUT2D eigenvalue weighted by Crippen LogP contribution is 2.36. The quantitative estimate of drug-likeness (QED) is 0.752. The predicted octanol–water partition coefficient (Wildman–Crippen LogP) is -0.530. The molecule has 3 rings (SSSR count). The van der Waals surface area contributed by atoms with E-state index in [9.17, 15) is 5.11 Å². The summed E-state index contributed by atoms with van der Waals surface area (Å²) >= 11 is 0. The molecular formula is C11H17N3O3. The van der Waals surface area contributed by atoms with E-state index in [0.29, 0.717) is 6.61 Å². The fraction of sp³-hybridized carbons (Fsp3) is 0.727. The van der Waals surface area contributed by atoms with E-state index in [0.717, 1.165) is 0 Å². The summed E-state index contributed by atoms with van der Waals surface area (Å²) in [6, 6.07) is -0.287. The Morgan fingerprint density at radius 1 is 1.47 bits per heavy atom. The number of hydrogen-bond donors (Lipinski definition) is 1. The Morgan fingerprint density at radius 2 is 2.29 bits per heavy atom. The summed E-state index contributed by atoms with van der Waals surface area (Å²) < 4.78 is 13.3. The number of hydrogen-bond acceptors (Lipinski definition) is 5. The molecule has 0 unspecified atom stereocenters. The van der Waals surface area contributed by atoms with Crippen LogP contribution in [0.15, 0.2) is 18.7 Å². The number of ether oxygens (including phenoxy) is 2. The van der Waals surface area contributed by atoms with Crippen LogP contribution in [0.4, 0.5) is 0 Å². The summed E-state index contributed by atoms with van der Waals surface area (Å²) in [6.07, 6.45) is 4.26. The molecule has 0 amide bonds. The van der Waals surface area contributed by atoms with Gasteiger partial charge in [-0.2, -0.15) is 0 Å². The maximum atomic E-state index is 10.5. The summed E-state index contributed by atoms with van der Waals surface area (Å²) in [5.41, 5.74) is 0. The van der Waals surface area contributed by atoms with Crippen LogP contribution in [0.2, 0.25) is 0 Å². The predicted molar refractivity (Wildman–Crippen MR) is 59.4 cm³/mol. The zero-order chi connectivity index (χ0) is 12.0. The van der Waals surface area contributed by atoms with Crippen LogP contribution in [-0.4, -0.2) is 64.8 Å². The van der Waals surface area contributed by atoms with E-state index in [1.807, 2.05) is 29.8 Å². The van der Waals surface area contributed by atoms with Gasteiger partial charge in [-0.25, -0.2) is 4.98 Å². The Hall–Kier alpha value is -0.950. The average Bonchev–Trinajstić information content (AvgIpc) is 2.89. The van der Waals surface area contributed by atoms with Crippen LogP contribution in [0.1, 0.15) is 6.04 Å². The molecule has 1 N–H and O–H groups in total. The Bertz CT molecular complexity index is 381. The maximum absolute atomic E-state index is 10.5. The molecule has 2 aliphatic heterocycles. The second kappa shape index (κ2) is 4.06. The molecule has 0 spiro atoms. The smallest absolute Gasteiger partial charge is 0.181 e. The van der Waals surface area contributed by atoms with Gasteiger partial charge in [-0.3, -0.25) is 0 Å². The summed E-state index contributed by atoms with van der Waals surface area (Å²) in [6.45, 7) is 0.537. The molecule has 0 saturated carbocycles. The molecule has 17 heavy (non-hydrogen) atoms. The fourth-order valence-electron chi connectivity index (χ4n) is 2.78. The maximum Gasteiger partial charge on any atom is 0.181 e. The van der Waals surface area contributed by atoms with Crippen molar-refractivity contribution in [2.24, 2.45) is 0 Å². The number of imidazole rings is 1. The van der Waals surface area contributed by atoms with Crippen molar-refractivity contribution >= 4 is 0 Å². The standard InChI is InChI=1S/C11H17N3O3/c1-13(2)8-7-5-16-11(17-7)9(10(8)15)14-4-3-12-6-14/h3-4,6-11,15H,5H2,1-2H3/t7-,8-,9-,10+,11-/m1/s1. The van der Waals surface area contributed by atoms with E-state index in [-0.39, 0.29) is 24.5 Å². The third-order valence-electron chi connectivity index (χ3n) is 3.56. The largest absolute Gasteiger partial charge is 0.389 e. The summed E-state index contributed by atoms with van der Waals surface area (Å²) in [5, 5.41) is 10.5. The van der Waals surface area contributed by atoms with Crippen molar-refractivity contribution < 1.29 is 14.6 Å². The van der Waals surface area contributed by atoms with Crippen molar-refractivity contribution in [3.63, 3.8) is 0 Å². The van der Waals surface area contributed by atoms with Gasteiger partial charge in [0.25, 0.3) is 0 Å². The molecule has 0 radical (unpaired) electrons. The lowest BCUT2D eigenvalue weighted by Crippen LogP contribution is -2.56. The topological polar surface area (TPSA) is 59.8 Å². The zero-order valence-corrected chi connectivity index (χ0v) is 9.93. The van der Waals surface area contributed by atoms with Gasteiger partial charge in [0.05, 0.1) is 25.1 Å². The number of rotatable bonds is 2. The van der Waals surface area contributed by atoms with Crippen LogP contribution < -0.4 is 0 Å². The number of likely N-dealkylation sites (N-methyl/N-ethyl adjacent to an activating group) is 1. The molecule has 2 aliphatic rings. The fourth-order valence-corrected chi connectivity index (χ4v) is 2.78. The van der Waals surface area contributed by atoms with Gasteiger partial charge in [0.2, 0.25) is 0 Å². The van der Waals surface area contributed by atoms with Gasteiger partial charge < -0.3 is 24.0 Å². The molecule has 6 nitrogen and oxygen atoms in total. The Kier molecular flexibility index (Phi) is 2.67. The van der Waals surface area contributed by atoms with Gasteiger partial charge in [-0.1, -0.05) is 0 Å². The summed E-state index contributed by atoms with van der Waals surface area (Å²) in [7, 11) is 3.89. The molecule has 6 heteroatoms. The normalized spacial score (nSPS) is 41.1. The van der Waals surface area contributed by atoms with Crippen molar-refractivity contribution in [2.45, 2.75) is 30.6 Å². The molecule has 2 saturated heterocycles. The molecule has 0 aliphatic carbocycles. The van der Waals surface area contributed by atoms with E-state index < -0.39 is 6.10 Å². The Morgan fingerprint density at radius 3 is 2.94 bits per heavy atom. The first-order chi connectivity index (χ1) is 8.18. The second-order valence-electron chi connectivity index (χ2n) is 4.82. The van der Waals surface area contributed by atoms with E-state index in [1.165, 1.54) is 0 Å². The highest BCUT2D eigenvalue weighted by molar-refractivity contribution is 5.01. The van der Waals surface area contributed by atoms with E-state index in [4.69, 9.17) is 9.47 Å². The summed E-state index contributed by atoms with van der Waals surface area (Å²) in [5.74, 6) is 0. The highest BCUT2D eigenvalue weighted by atomic mass is 16.7. The molecule has 2 fully saturated rings. The van der Waals surface area contributed by atoms with Crippen LogP contribution in [0, 0.1) is 0 Å². The van der Waals surface area contributed by atoms with Gasteiger partial charge in [0, 0.05) is 12.4 Å². The van der Waals surface area contributed by atoms with Crippen LogP contribution in [0.3, 0.4) is 0 Å².